The van der Waals surface area contributed by atoms with Crippen LogP contribution in [0.15, 0.2) is 24.4 Å². The molecule has 1 unspecified atom stereocenters. The fourth-order valence-corrected chi connectivity index (χ4v) is 4.49. The predicted octanol–water partition coefficient (Wildman–Crippen LogP) is 2.65. The van der Waals surface area contributed by atoms with Crippen molar-refractivity contribution in [2.24, 2.45) is 7.05 Å². The highest BCUT2D eigenvalue weighted by molar-refractivity contribution is 5.75. The molecule has 2 aliphatic rings. The van der Waals surface area contributed by atoms with Crippen LogP contribution in [0.3, 0.4) is 0 Å². The number of likely N-dealkylation sites (tertiary alicyclic amines) is 1. The number of fused-ring (bicyclic) bond motifs is 1. The van der Waals surface area contributed by atoms with Crippen molar-refractivity contribution in [1.82, 2.24) is 19.6 Å². The van der Waals surface area contributed by atoms with E-state index < -0.39 is 0 Å². The smallest absolute Gasteiger partial charge is 0.323 e. The molecule has 0 spiro atoms. The van der Waals surface area contributed by atoms with Gasteiger partial charge < -0.3 is 9.47 Å². The summed E-state index contributed by atoms with van der Waals surface area (Å²) in [6, 6.07) is 6.32. The first kappa shape index (κ1) is 20.9. The molecule has 1 fully saturated rings. The number of carbonyl (C=O) groups excluding carboxylic acids is 1. The van der Waals surface area contributed by atoms with Crippen molar-refractivity contribution in [3.05, 3.63) is 46.8 Å². The molecule has 3 heterocycles. The van der Waals surface area contributed by atoms with E-state index in [-0.39, 0.29) is 12.0 Å². The van der Waals surface area contributed by atoms with Crippen LogP contribution < -0.4 is 4.74 Å². The summed E-state index contributed by atoms with van der Waals surface area (Å²) in [5, 5.41) is 4.37. The summed E-state index contributed by atoms with van der Waals surface area (Å²) >= 11 is 0. The van der Waals surface area contributed by atoms with Gasteiger partial charge in [-0.3, -0.25) is 19.3 Å². The highest BCUT2D eigenvalue weighted by atomic mass is 16.5. The number of piperidine rings is 1. The lowest BCUT2D eigenvalue weighted by atomic mass is 10.0. The van der Waals surface area contributed by atoms with Crippen LogP contribution in [-0.2, 0) is 36.2 Å². The van der Waals surface area contributed by atoms with E-state index in [1.165, 1.54) is 29.5 Å². The lowest BCUT2D eigenvalue weighted by Gasteiger charge is -2.33. The van der Waals surface area contributed by atoms with Gasteiger partial charge in [0.25, 0.3) is 0 Å². The Balaban J connectivity index is 1.48. The van der Waals surface area contributed by atoms with Crippen LogP contribution in [0.5, 0.6) is 5.75 Å². The van der Waals surface area contributed by atoms with Crippen molar-refractivity contribution < 1.29 is 14.3 Å². The third-order valence-corrected chi connectivity index (χ3v) is 6.39. The number of aromatic nitrogens is 2. The second-order valence-corrected chi connectivity index (χ2v) is 8.39. The van der Waals surface area contributed by atoms with Gasteiger partial charge in [0.15, 0.2) is 0 Å². The second-order valence-electron chi connectivity index (χ2n) is 8.39. The standard InChI is InChI=1S/C23H32N4O3/c1-17-20(13-24-25(17)2)16-26-10-11-30-22-8-7-18(12-19(22)15-26)14-27-9-5-4-6-21(27)23(28)29-3/h7-8,12-13,21H,4-6,9-11,14-16H2,1-3H3. The van der Waals surface area contributed by atoms with Crippen molar-refractivity contribution in [2.45, 2.75) is 51.9 Å². The minimum Gasteiger partial charge on any atom is -0.492 e. The van der Waals surface area contributed by atoms with Crippen LogP contribution in [0, 0.1) is 6.92 Å². The molecule has 7 heteroatoms. The molecule has 7 nitrogen and oxygen atoms in total. The van der Waals surface area contributed by atoms with Crippen molar-refractivity contribution in [2.75, 3.05) is 26.8 Å². The SMILES string of the molecule is COC(=O)C1CCCCN1Cc1ccc2c(c1)CN(Cc1cnn(C)c1C)CCO2. The number of carbonyl (C=O) groups is 1. The van der Waals surface area contributed by atoms with E-state index in [1.807, 2.05) is 17.9 Å². The number of nitrogens with zero attached hydrogens (tertiary/aromatic N) is 4. The first-order chi connectivity index (χ1) is 14.5. The molecule has 30 heavy (non-hydrogen) atoms. The summed E-state index contributed by atoms with van der Waals surface area (Å²) in [6.45, 7) is 7.08. The van der Waals surface area contributed by atoms with Gasteiger partial charge in [-0.25, -0.2) is 0 Å². The molecule has 2 aromatic rings. The van der Waals surface area contributed by atoms with Gasteiger partial charge in [-0.05, 0) is 44.0 Å². The highest BCUT2D eigenvalue weighted by Gasteiger charge is 2.29. The van der Waals surface area contributed by atoms with Crippen LogP contribution in [0.1, 0.15) is 41.6 Å². The second kappa shape index (κ2) is 9.18. The van der Waals surface area contributed by atoms with E-state index >= 15 is 0 Å². The zero-order chi connectivity index (χ0) is 21.1. The van der Waals surface area contributed by atoms with Crippen LogP contribution in [0.4, 0.5) is 0 Å². The molecule has 1 atom stereocenters. The minimum absolute atomic E-state index is 0.120. The third kappa shape index (κ3) is 4.52. The lowest BCUT2D eigenvalue weighted by molar-refractivity contribution is -0.148. The monoisotopic (exact) mass is 412 g/mol. The Morgan fingerprint density at radius 3 is 2.90 bits per heavy atom. The predicted molar refractivity (Wildman–Crippen MR) is 114 cm³/mol. The molecule has 0 saturated carbocycles. The van der Waals surface area contributed by atoms with Crippen LogP contribution in [-0.4, -0.2) is 58.4 Å². The maximum absolute atomic E-state index is 12.2. The Morgan fingerprint density at radius 2 is 2.13 bits per heavy atom. The third-order valence-electron chi connectivity index (χ3n) is 6.39. The summed E-state index contributed by atoms with van der Waals surface area (Å²) in [5.41, 5.74) is 4.88. The van der Waals surface area contributed by atoms with Crippen molar-refractivity contribution in [3.8, 4) is 5.75 Å². The number of methoxy groups -OCH3 is 1. The topological polar surface area (TPSA) is 59.8 Å². The molecule has 0 bridgehead atoms. The Kier molecular flexibility index (Phi) is 6.39. The number of rotatable bonds is 5. The Labute approximate surface area is 178 Å². The maximum atomic E-state index is 12.2. The van der Waals surface area contributed by atoms with Gasteiger partial charge in [0.05, 0.1) is 13.3 Å². The van der Waals surface area contributed by atoms with Gasteiger partial charge in [0.2, 0.25) is 0 Å². The van der Waals surface area contributed by atoms with E-state index in [4.69, 9.17) is 9.47 Å². The Morgan fingerprint density at radius 1 is 1.27 bits per heavy atom. The maximum Gasteiger partial charge on any atom is 0.323 e. The fourth-order valence-electron chi connectivity index (χ4n) is 4.49. The van der Waals surface area contributed by atoms with Gasteiger partial charge in [-0.1, -0.05) is 12.5 Å². The quantitative estimate of drug-likeness (QED) is 0.704. The normalized spacial score (nSPS) is 20.3. The van der Waals surface area contributed by atoms with Gasteiger partial charge in [-0.15, -0.1) is 0 Å². The average Bonchev–Trinajstić information content (AvgIpc) is 2.95. The summed E-state index contributed by atoms with van der Waals surface area (Å²) < 4.78 is 13.0. The molecular weight excluding hydrogens is 380 g/mol. The van der Waals surface area contributed by atoms with Gasteiger partial charge in [-0.2, -0.15) is 5.10 Å². The van der Waals surface area contributed by atoms with Gasteiger partial charge in [0, 0.05) is 50.0 Å². The molecule has 0 aliphatic carbocycles. The van der Waals surface area contributed by atoms with Crippen molar-refractivity contribution >= 4 is 5.97 Å². The Hall–Kier alpha value is -2.38. The van der Waals surface area contributed by atoms with Crippen molar-refractivity contribution in [1.29, 1.82) is 0 Å². The van der Waals surface area contributed by atoms with Gasteiger partial charge in [0.1, 0.15) is 18.4 Å². The molecule has 2 aliphatic heterocycles. The zero-order valence-corrected chi connectivity index (χ0v) is 18.3. The van der Waals surface area contributed by atoms with Crippen molar-refractivity contribution in [3.63, 3.8) is 0 Å². The van der Waals surface area contributed by atoms with Crippen LogP contribution in [0.25, 0.3) is 0 Å². The molecule has 162 valence electrons. The molecule has 0 radical (unpaired) electrons. The van der Waals surface area contributed by atoms with E-state index in [2.05, 4.69) is 40.0 Å². The van der Waals surface area contributed by atoms with E-state index in [0.29, 0.717) is 6.61 Å². The molecule has 0 N–H and O–H groups in total. The number of hydrogen-bond acceptors (Lipinski definition) is 6. The van der Waals surface area contributed by atoms with Gasteiger partial charge >= 0.3 is 5.97 Å². The van der Waals surface area contributed by atoms with E-state index in [1.54, 1.807) is 0 Å². The molecule has 0 amide bonds. The highest BCUT2D eigenvalue weighted by Crippen LogP contribution is 2.27. The summed E-state index contributed by atoms with van der Waals surface area (Å²) in [7, 11) is 3.46. The first-order valence-corrected chi connectivity index (χ1v) is 10.8. The molecule has 1 aromatic heterocycles. The molecule has 4 rings (SSSR count). The Bertz CT molecular complexity index is 895. The number of aryl methyl sites for hydroxylation is 1. The number of ether oxygens (including phenoxy) is 2. The molecule has 1 aromatic carbocycles. The molecule has 1 saturated heterocycles. The average molecular weight is 413 g/mol. The van der Waals surface area contributed by atoms with Crippen LogP contribution in [0.2, 0.25) is 0 Å². The number of hydrogen-bond donors (Lipinski definition) is 0. The van der Waals surface area contributed by atoms with Crippen LogP contribution >= 0.6 is 0 Å². The summed E-state index contributed by atoms with van der Waals surface area (Å²) in [5.74, 6) is 0.845. The first-order valence-electron chi connectivity index (χ1n) is 10.8. The minimum atomic E-state index is -0.135. The van der Waals surface area contributed by atoms with E-state index in [9.17, 15) is 4.79 Å². The summed E-state index contributed by atoms with van der Waals surface area (Å²) in [4.78, 5) is 16.9. The largest absolute Gasteiger partial charge is 0.492 e. The zero-order valence-electron chi connectivity index (χ0n) is 18.3. The fraction of sp³-hybridized carbons (Fsp3) is 0.565. The van der Waals surface area contributed by atoms with E-state index in [0.717, 1.165) is 57.7 Å². The number of esters is 1. The lowest BCUT2D eigenvalue weighted by Crippen LogP contribution is -2.44. The summed E-state index contributed by atoms with van der Waals surface area (Å²) in [6.07, 6.45) is 5.04. The molecular formula is C23H32N4O3. The number of benzene rings is 1.